The zero-order chi connectivity index (χ0) is 12.8. The van der Waals surface area contributed by atoms with Crippen molar-refractivity contribution in [1.29, 1.82) is 0 Å². The van der Waals surface area contributed by atoms with Crippen LogP contribution in [-0.4, -0.2) is 16.1 Å². The number of aliphatic carboxylic acids is 1. The predicted molar refractivity (Wildman–Crippen MR) is 70.8 cm³/mol. The molecule has 2 aromatic rings. The molecule has 1 aromatic carbocycles. The Bertz CT molecular complexity index is 614. The van der Waals surface area contributed by atoms with Gasteiger partial charge in [0.2, 0.25) is 0 Å². The number of carboxylic acids is 1. The van der Waals surface area contributed by atoms with E-state index in [-0.39, 0.29) is 11.8 Å². The van der Waals surface area contributed by atoms with Crippen molar-refractivity contribution in [3.8, 4) is 0 Å². The van der Waals surface area contributed by atoms with Crippen molar-refractivity contribution in [3.05, 3.63) is 35.5 Å². The number of aryl methyl sites for hydroxylation is 1. The molecule has 1 aliphatic carbocycles. The smallest absolute Gasteiger partial charge is 0.304 e. The number of nitrogens with one attached hydrogen (secondary N) is 1. The van der Waals surface area contributed by atoms with Crippen molar-refractivity contribution in [2.75, 3.05) is 0 Å². The van der Waals surface area contributed by atoms with Gasteiger partial charge in [-0.25, -0.2) is 0 Å². The number of hydrogen-bond acceptors (Lipinski definition) is 1. The second-order valence-electron chi connectivity index (χ2n) is 5.23. The molecule has 0 radical (unpaired) electrons. The van der Waals surface area contributed by atoms with E-state index in [0.717, 1.165) is 30.5 Å². The number of carboxylic acid groups (broad SMARTS) is 1. The highest BCUT2D eigenvalue weighted by Gasteiger charge is 2.41. The Labute approximate surface area is 106 Å². The van der Waals surface area contributed by atoms with Crippen LogP contribution in [0.15, 0.2) is 24.3 Å². The predicted octanol–water partition coefficient (Wildman–Crippen LogP) is 3.24. The number of para-hydroxylation sites is 1. The van der Waals surface area contributed by atoms with Crippen LogP contribution in [0.3, 0.4) is 0 Å². The fraction of sp³-hybridized carbons (Fsp3) is 0.400. The zero-order valence-electron chi connectivity index (χ0n) is 10.5. The summed E-state index contributed by atoms with van der Waals surface area (Å²) in [5.41, 5.74) is 3.42. The van der Waals surface area contributed by atoms with E-state index in [1.165, 1.54) is 10.9 Å². The fourth-order valence-corrected chi connectivity index (χ4v) is 3.35. The van der Waals surface area contributed by atoms with Gasteiger partial charge in [0, 0.05) is 22.0 Å². The van der Waals surface area contributed by atoms with E-state index in [2.05, 4.69) is 24.0 Å². The van der Waals surface area contributed by atoms with E-state index in [9.17, 15) is 4.79 Å². The number of carbonyl (C=O) groups is 1. The third-order valence-corrected chi connectivity index (χ3v) is 4.36. The van der Waals surface area contributed by atoms with E-state index < -0.39 is 5.97 Å². The summed E-state index contributed by atoms with van der Waals surface area (Å²) in [6, 6.07) is 8.24. The molecule has 0 unspecified atom stereocenters. The van der Waals surface area contributed by atoms with Crippen LogP contribution in [-0.2, 0) is 16.6 Å². The molecule has 1 aliphatic rings. The van der Waals surface area contributed by atoms with Gasteiger partial charge in [-0.2, -0.15) is 0 Å². The second-order valence-corrected chi connectivity index (χ2v) is 5.23. The number of rotatable bonds is 3. The Kier molecular flexibility index (Phi) is 2.44. The van der Waals surface area contributed by atoms with Crippen molar-refractivity contribution in [2.24, 2.45) is 0 Å². The lowest BCUT2D eigenvalue weighted by molar-refractivity contribution is -0.138. The molecule has 94 valence electrons. The van der Waals surface area contributed by atoms with Crippen LogP contribution in [0, 0.1) is 0 Å². The highest BCUT2D eigenvalue weighted by Crippen LogP contribution is 2.46. The van der Waals surface area contributed by atoms with Gasteiger partial charge in [-0.3, -0.25) is 4.79 Å². The maximum atomic E-state index is 11.1. The number of aromatic nitrogens is 1. The molecule has 2 N–H and O–H groups in total. The molecule has 1 atom stereocenters. The summed E-state index contributed by atoms with van der Waals surface area (Å²) in [5.74, 6) is -0.705. The molecule has 1 heterocycles. The summed E-state index contributed by atoms with van der Waals surface area (Å²) >= 11 is 0. The summed E-state index contributed by atoms with van der Waals surface area (Å²) in [4.78, 5) is 14.6. The summed E-state index contributed by atoms with van der Waals surface area (Å²) in [7, 11) is 0. The molecule has 0 fully saturated rings. The first-order valence-corrected chi connectivity index (χ1v) is 6.48. The van der Waals surface area contributed by atoms with Crippen LogP contribution < -0.4 is 0 Å². The average Bonchev–Trinajstić information content (AvgIpc) is 2.87. The molecule has 0 spiro atoms. The second kappa shape index (κ2) is 3.87. The maximum absolute atomic E-state index is 11.1. The third-order valence-electron chi connectivity index (χ3n) is 4.36. The average molecular weight is 243 g/mol. The van der Waals surface area contributed by atoms with Crippen molar-refractivity contribution >= 4 is 16.9 Å². The van der Waals surface area contributed by atoms with Gasteiger partial charge in [0.05, 0.1) is 6.42 Å². The normalized spacial score (nSPS) is 22.3. The molecule has 3 nitrogen and oxygen atoms in total. The van der Waals surface area contributed by atoms with E-state index in [1.54, 1.807) is 0 Å². The lowest BCUT2D eigenvalue weighted by Gasteiger charge is -2.25. The first kappa shape index (κ1) is 11.3. The van der Waals surface area contributed by atoms with Crippen LogP contribution in [0.1, 0.15) is 37.4 Å². The summed E-state index contributed by atoms with van der Waals surface area (Å²) in [5, 5.41) is 10.4. The highest BCUT2D eigenvalue weighted by molar-refractivity contribution is 5.86. The Hall–Kier alpha value is -1.77. The van der Waals surface area contributed by atoms with Gasteiger partial charge >= 0.3 is 5.97 Å². The van der Waals surface area contributed by atoms with Gasteiger partial charge in [-0.15, -0.1) is 0 Å². The van der Waals surface area contributed by atoms with Gasteiger partial charge in [0.15, 0.2) is 0 Å². The van der Waals surface area contributed by atoms with Gasteiger partial charge in [0.25, 0.3) is 0 Å². The highest BCUT2D eigenvalue weighted by atomic mass is 16.4. The molecular formula is C15H17NO2. The monoisotopic (exact) mass is 243 g/mol. The summed E-state index contributed by atoms with van der Waals surface area (Å²) in [6.45, 7) is 2.09. The molecule has 3 rings (SSSR count). The molecular weight excluding hydrogens is 226 g/mol. The summed E-state index contributed by atoms with van der Waals surface area (Å²) in [6.07, 6.45) is 3.03. The van der Waals surface area contributed by atoms with Gasteiger partial charge in [-0.05, 0) is 30.9 Å². The SMILES string of the molecule is CC[C@]1(CC(=O)O)CCc2c1[nH]c1ccccc21. The minimum atomic E-state index is -0.705. The van der Waals surface area contributed by atoms with Crippen LogP contribution in [0.2, 0.25) is 0 Å². The molecule has 0 saturated heterocycles. The van der Waals surface area contributed by atoms with E-state index >= 15 is 0 Å². The molecule has 0 bridgehead atoms. The molecule has 0 amide bonds. The van der Waals surface area contributed by atoms with Crippen molar-refractivity contribution in [1.82, 2.24) is 4.98 Å². The first-order chi connectivity index (χ1) is 8.66. The molecule has 0 saturated carbocycles. The number of H-pyrrole nitrogens is 1. The van der Waals surface area contributed by atoms with Gasteiger partial charge in [-0.1, -0.05) is 25.1 Å². The molecule has 0 aliphatic heterocycles. The standard InChI is InChI=1S/C15H17NO2/c1-2-15(9-13(17)18)8-7-11-10-5-3-4-6-12(10)16-14(11)15/h3-6,16H,2,7-9H2,1H3,(H,17,18)/t15-/m1/s1. The Morgan fingerprint density at radius 2 is 2.22 bits per heavy atom. The van der Waals surface area contributed by atoms with Gasteiger partial charge < -0.3 is 10.1 Å². The number of fused-ring (bicyclic) bond motifs is 3. The fourth-order valence-electron chi connectivity index (χ4n) is 3.35. The lowest BCUT2D eigenvalue weighted by atomic mass is 9.79. The quantitative estimate of drug-likeness (QED) is 0.869. The van der Waals surface area contributed by atoms with Crippen molar-refractivity contribution in [3.63, 3.8) is 0 Å². The zero-order valence-corrected chi connectivity index (χ0v) is 10.5. The number of benzene rings is 1. The number of hydrogen-bond donors (Lipinski definition) is 2. The minimum Gasteiger partial charge on any atom is -0.481 e. The molecule has 1 aromatic heterocycles. The van der Waals surface area contributed by atoms with E-state index in [0.29, 0.717) is 0 Å². The van der Waals surface area contributed by atoms with E-state index in [1.807, 2.05) is 12.1 Å². The molecule has 18 heavy (non-hydrogen) atoms. The van der Waals surface area contributed by atoms with Crippen LogP contribution in [0.5, 0.6) is 0 Å². The summed E-state index contributed by atoms with van der Waals surface area (Å²) < 4.78 is 0. The van der Waals surface area contributed by atoms with Crippen LogP contribution in [0.25, 0.3) is 10.9 Å². The Morgan fingerprint density at radius 1 is 1.44 bits per heavy atom. The van der Waals surface area contributed by atoms with Crippen LogP contribution in [0.4, 0.5) is 0 Å². The minimum absolute atomic E-state index is 0.194. The van der Waals surface area contributed by atoms with Crippen molar-refractivity contribution < 1.29 is 9.90 Å². The Morgan fingerprint density at radius 3 is 2.94 bits per heavy atom. The lowest BCUT2D eigenvalue weighted by Crippen LogP contribution is -2.26. The van der Waals surface area contributed by atoms with E-state index in [4.69, 9.17) is 5.11 Å². The topological polar surface area (TPSA) is 53.1 Å². The first-order valence-electron chi connectivity index (χ1n) is 6.48. The van der Waals surface area contributed by atoms with Crippen LogP contribution >= 0.6 is 0 Å². The van der Waals surface area contributed by atoms with Crippen molar-refractivity contribution in [2.45, 2.75) is 38.0 Å². The largest absolute Gasteiger partial charge is 0.481 e. The Balaban J connectivity index is 2.17. The third kappa shape index (κ3) is 1.47. The van der Waals surface area contributed by atoms with Gasteiger partial charge in [0.1, 0.15) is 0 Å². The molecule has 3 heteroatoms. The maximum Gasteiger partial charge on any atom is 0.304 e. The number of aromatic amines is 1.